The molecule has 2 atom stereocenters. The molecule has 6 heteroatoms. The van der Waals surface area contributed by atoms with E-state index in [0.717, 1.165) is 24.0 Å². The summed E-state index contributed by atoms with van der Waals surface area (Å²) in [5, 5.41) is 0. The van der Waals surface area contributed by atoms with Crippen molar-refractivity contribution in [2.24, 2.45) is 5.92 Å². The molecule has 6 nitrogen and oxygen atoms in total. The molecule has 3 amide bonds. The first-order valence-electron chi connectivity index (χ1n) is 9.15. The molecule has 0 radical (unpaired) electrons. The molecule has 3 fully saturated rings. The van der Waals surface area contributed by atoms with Gasteiger partial charge in [-0.3, -0.25) is 14.4 Å². The summed E-state index contributed by atoms with van der Waals surface area (Å²) < 4.78 is 0. The van der Waals surface area contributed by atoms with Gasteiger partial charge in [-0.05, 0) is 49.9 Å². The Morgan fingerprint density at radius 1 is 1.12 bits per heavy atom. The second kappa shape index (κ2) is 7.09. The molecule has 3 saturated heterocycles. The van der Waals surface area contributed by atoms with E-state index in [-0.39, 0.29) is 36.2 Å². The highest BCUT2D eigenvalue weighted by Crippen LogP contribution is 2.30. The predicted molar refractivity (Wildman–Crippen MR) is 98.7 cm³/mol. The second-order valence-electron chi connectivity index (χ2n) is 7.69. The number of carbonyl (C=O) groups excluding carboxylic acids is 3. The minimum Gasteiger partial charge on any atom is -0.347 e. The lowest BCUT2D eigenvalue weighted by atomic mass is 9.94. The normalized spacial score (nSPS) is 22.4. The van der Waals surface area contributed by atoms with E-state index in [1.807, 2.05) is 32.0 Å². The Kier molecular flexibility index (Phi) is 5.03. The highest BCUT2D eigenvalue weighted by molar-refractivity contribution is 5.95. The average Bonchev–Trinajstić information content (AvgIpc) is 2.89. The Labute approximate surface area is 154 Å². The molecule has 0 aliphatic carbocycles. The van der Waals surface area contributed by atoms with E-state index in [9.17, 15) is 14.4 Å². The summed E-state index contributed by atoms with van der Waals surface area (Å²) in [7, 11) is 3.39. The smallest absolute Gasteiger partial charge is 0.253 e. The Hall–Kier alpha value is -2.37. The number of aryl methyl sites for hydroxylation is 2. The molecule has 0 unspecified atom stereocenters. The number of nitrogens with zero attached hydrogens (tertiary/aromatic N) is 3. The summed E-state index contributed by atoms with van der Waals surface area (Å²) >= 11 is 0. The number of carbonyl (C=O) groups is 3. The lowest BCUT2D eigenvalue weighted by Gasteiger charge is -2.35. The molecule has 3 aliphatic rings. The van der Waals surface area contributed by atoms with E-state index in [1.54, 1.807) is 23.9 Å². The fourth-order valence-corrected chi connectivity index (χ4v) is 3.76. The summed E-state index contributed by atoms with van der Waals surface area (Å²) in [6, 6.07) is 5.65. The number of amides is 3. The van der Waals surface area contributed by atoms with Gasteiger partial charge in [0.25, 0.3) is 5.91 Å². The van der Waals surface area contributed by atoms with Gasteiger partial charge >= 0.3 is 0 Å². The van der Waals surface area contributed by atoms with Crippen molar-refractivity contribution in [1.82, 2.24) is 14.7 Å². The average molecular weight is 357 g/mol. The van der Waals surface area contributed by atoms with Gasteiger partial charge < -0.3 is 14.7 Å². The van der Waals surface area contributed by atoms with Crippen LogP contribution in [0.4, 0.5) is 0 Å². The standard InChI is InChI=1S/C20H27N3O3/c1-13-5-6-15(9-14(13)2)19(25)22-10-16-7-8-17(11-22)23(20(16)26)12-18(24)21(3)4/h5-6,9,16-17H,7-8,10-12H2,1-4H3/t16-,17+/m0/s1. The van der Waals surface area contributed by atoms with Crippen molar-refractivity contribution >= 4 is 17.7 Å². The number of likely N-dealkylation sites (N-methyl/N-ethyl adjacent to an activating group) is 1. The van der Waals surface area contributed by atoms with Crippen LogP contribution in [0, 0.1) is 19.8 Å². The third-order valence-corrected chi connectivity index (χ3v) is 5.64. The van der Waals surface area contributed by atoms with Gasteiger partial charge in [0.2, 0.25) is 11.8 Å². The molecule has 0 spiro atoms. The molecule has 0 saturated carbocycles. The predicted octanol–water partition coefficient (Wildman–Crippen LogP) is 1.45. The molecule has 3 aliphatic heterocycles. The van der Waals surface area contributed by atoms with Crippen molar-refractivity contribution in [3.05, 3.63) is 34.9 Å². The van der Waals surface area contributed by atoms with Gasteiger partial charge in [0.05, 0.1) is 5.92 Å². The summed E-state index contributed by atoms with van der Waals surface area (Å²) in [4.78, 5) is 42.9. The van der Waals surface area contributed by atoms with Gasteiger partial charge in [-0.2, -0.15) is 0 Å². The van der Waals surface area contributed by atoms with Crippen LogP contribution in [0.5, 0.6) is 0 Å². The maximum absolute atomic E-state index is 13.0. The fraction of sp³-hybridized carbons (Fsp3) is 0.550. The lowest BCUT2D eigenvalue weighted by molar-refractivity contribution is -0.145. The van der Waals surface area contributed by atoms with Gasteiger partial charge in [-0.25, -0.2) is 0 Å². The Morgan fingerprint density at radius 3 is 2.50 bits per heavy atom. The van der Waals surface area contributed by atoms with Gasteiger partial charge in [0.15, 0.2) is 0 Å². The summed E-state index contributed by atoms with van der Waals surface area (Å²) in [6.07, 6.45) is 1.63. The molecule has 1 aromatic rings. The van der Waals surface area contributed by atoms with Crippen LogP contribution < -0.4 is 0 Å². The zero-order chi connectivity index (χ0) is 19.0. The molecular formula is C20H27N3O3. The minimum atomic E-state index is -0.209. The topological polar surface area (TPSA) is 60.9 Å². The van der Waals surface area contributed by atoms with Crippen LogP contribution in [-0.4, -0.2) is 72.2 Å². The minimum absolute atomic E-state index is 0.00633. The highest BCUT2D eigenvalue weighted by Gasteiger charge is 2.42. The number of fused-ring (bicyclic) bond motifs is 4. The van der Waals surface area contributed by atoms with E-state index >= 15 is 0 Å². The Balaban J connectivity index is 1.80. The van der Waals surface area contributed by atoms with Crippen molar-refractivity contribution in [3.8, 4) is 0 Å². The van der Waals surface area contributed by atoms with E-state index < -0.39 is 0 Å². The van der Waals surface area contributed by atoms with Gasteiger partial charge in [-0.1, -0.05) is 6.07 Å². The van der Waals surface area contributed by atoms with E-state index in [4.69, 9.17) is 0 Å². The molecule has 3 heterocycles. The first kappa shape index (κ1) is 18.4. The van der Waals surface area contributed by atoms with Crippen molar-refractivity contribution in [1.29, 1.82) is 0 Å². The van der Waals surface area contributed by atoms with Gasteiger partial charge in [0.1, 0.15) is 6.54 Å². The molecular weight excluding hydrogens is 330 g/mol. The third kappa shape index (κ3) is 3.45. The van der Waals surface area contributed by atoms with Crippen LogP contribution in [0.25, 0.3) is 0 Å². The third-order valence-electron chi connectivity index (χ3n) is 5.64. The Bertz CT molecular complexity index is 744. The lowest BCUT2D eigenvalue weighted by Crippen LogP contribution is -2.51. The molecule has 0 N–H and O–H groups in total. The zero-order valence-corrected chi connectivity index (χ0v) is 16.0. The second-order valence-corrected chi connectivity index (χ2v) is 7.69. The van der Waals surface area contributed by atoms with Crippen LogP contribution >= 0.6 is 0 Å². The van der Waals surface area contributed by atoms with Gasteiger partial charge in [0, 0.05) is 38.8 Å². The molecule has 4 rings (SSSR count). The molecule has 1 aromatic carbocycles. The monoisotopic (exact) mass is 357 g/mol. The van der Waals surface area contributed by atoms with E-state index in [2.05, 4.69) is 0 Å². The maximum Gasteiger partial charge on any atom is 0.253 e. The van der Waals surface area contributed by atoms with Crippen molar-refractivity contribution in [3.63, 3.8) is 0 Å². The maximum atomic E-state index is 13.0. The molecule has 26 heavy (non-hydrogen) atoms. The summed E-state index contributed by atoms with van der Waals surface area (Å²) in [6.45, 7) is 5.05. The first-order valence-corrected chi connectivity index (χ1v) is 9.15. The number of benzene rings is 1. The largest absolute Gasteiger partial charge is 0.347 e. The summed E-state index contributed by atoms with van der Waals surface area (Å²) in [5.41, 5.74) is 2.90. The Morgan fingerprint density at radius 2 is 1.85 bits per heavy atom. The van der Waals surface area contributed by atoms with Crippen LogP contribution in [0.15, 0.2) is 18.2 Å². The van der Waals surface area contributed by atoms with E-state index in [0.29, 0.717) is 18.7 Å². The molecule has 140 valence electrons. The van der Waals surface area contributed by atoms with Crippen LogP contribution in [0.2, 0.25) is 0 Å². The zero-order valence-electron chi connectivity index (χ0n) is 16.0. The fourth-order valence-electron chi connectivity index (χ4n) is 3.76. The van der Waals surface area contributed by atoms with Crippen molar-refractivity contribution in [2.75, 3.05) is 33.7 Å². The summed E-state index contributed by atoms with van der Waals surface area (Å²) in [5.74, 6) is -0.317. The van der Waals surface area contributed by atoms with E-state index in [1.165, 1.54) is 4.90 Å². The van der Waals surface area contributed by atoms with Crippen molar-refractivity contribution < 1.29 is 14.4 Å². The number of hydrogen-bond acceptors (Lipinski definition) is 3. The highest BCUT2D eigenvalue weighted by atomic mass is 16.2. The number of rotatable bonds is 3. The molecule has 0 aromatic heterocycles. The molecule has 2 bridgehead atoms. The number of piperidine rings is 1. The SMILES string of the molecule is Cc1ccc(C(=O)N2C[C@@H]3CC[C@H](C2)N(CC(=O)N(C)C)C3=O)cc1C. The quantitative estimate of drug-likeness (QED) is 0.823. The van der Waals surface area contributed by atoms with Crippen LogP contribution in [-0.2, 0) is 9.59 Å². The van der Waals surface area contributed by atoms with Crippen LogP contribution in [0.1, 0.15) is 34.3 Å². The number of hydrogen-bond donors (Lipinski definition) is 0. The van der Waals surface area contributed by atoms with Gasteiger partial charge in [-0.15, -0.1) is 0 Å². The van der Waals surface area contributed by atoms with Crippen LogP contribution in [0.3, 0.4) is 0 Å². The van der Waals surface area contributed by atoms with Crippen molar-refractivity contribution in [2.45, 2.75) is 32.7 Å². The first-order chi connectivity index (χ1) is 12.3.